The Morgan fingerprint density at radius 2 is 1.68 bits per heavy atom. The van der Waals surface area contributed by atoms with Crippen LogP contribution in [0.3, 0.4) is 0 Å². The molecule has 31 heavy (non-hydrogen) atoms. The molecular weight excluding hydrogens is 408 g/mol. The molecule has 0 saturated carbocycles. The minimum Gasteiger partial charge on any atom is -0.455 e. The molecule has 1 amide bonds. The summed E-state index contributed by atoms with van der Waals surface area (Å²) in [5.41, 5.74) is 0.752. The zero-order valence-electron chi connectivity index (χ0n) is 16.0. The van der Waals surface area contributed by atoms with Gasteiger partial charge < -0.3 is 9.15 Å². The summed E-state index contributed by atoms with van der Waals surface area (Å²) in [6.45, 7) is 1.30. The molecule has 2 heterocycles. The molecule has 0 bridgehead atoms. The number of benzene rings is 2. The molecule has 0 aliphatic carbocycles. The van der Waals surface area contributed by atoms with Crippen LogP contribution in [0.4, 0.5) is 11.4 Å². The van der Waals surface area contributed by atoms with Gasteiger partial charge in [0.2, 0.25) is 11.8 Å². The van der Waals surface area contributed by atoms with Gasteiger partial charge in [0.05, 0.1) is 9.85 Å². The van der Waals surface area contributed by atoms with Crippen molar-refractivity contribution in [3.63, 3.8) is 0 Å². The molecule has 4 rings (SSSR count). The van der Waals surface area contributed by atoms with Crippen molar-refractivity contribution in [2.75, 3.05) is 0 Å². The van der Waals surface area contributed by atoms with Gasteiger partial charge in [-0.1, -0.05) is 6.07 Å². The van der Waals surface area contributed by atoms with E-state index in [2.05, 4.69) is 5.10 Å². The number of hydrazone groups is 1. The van der Waals surface area contributed by atoms with E-state index in [4.69, 9.17) is 9.15 Å². The highest BCUT2D eigenvalue weighted by molar-refractivity contribution is 5.96. The van der Waals surface area contributed by atoms with Crippen LogP contribution in [0.5, 0.6) is 0 Å². The molecule has 1 atom stereocenters. The zero-order chi connectivity index (χ0) is 22.1. The lowest BCUT2D eigenvalue weighted by Crippen LogP contribution is -2.24. The molecule has 0 N–H and O–H groups in total. The van der Waals surface area contributed by atoms with E-state index in [0.717, 1.165) is 5.01 Å². The monoisotopic (exact) mass is 422 g/mol. The quantitative estimate of drug-likeness (QED) is 0.447. The van der Waals surface area contributed by atoms with Crippen LogP contribution in [0.15, 0.2) is 70.2 Å². The first-order valence-electron chi connectivity index (χ1n) is 8.98. The van der Waals surface area contributed by atoms with Gasteiger partial charge in [0.1, 0.15) is 5.76 Å². The molecule has 156 valence electrons. The molecule has 0 spiro atoms. The SMILES string of the molecule is CC(=O)N1N=C(c2cccc([N+](=O)[O-])c2)O[C@@H]1c1ccc(-c2ccc([N+](=O)[O-])cc2)o1. The first-order valence-corrected chi connectivity index (χ1v) is 8.98. The maximum absolute atomic E-state index is 12.1. The Labute approximate surface area is 174 Å². The highest BCUT2D eigenvalue weighted by atomic mass is 16.6. The average Bonchev–Trinajstić information content (AvgIpc) is 3.41. The van der Waals surface area contributed by atoms with Crippen LogP contribution in [0.1, 0.15) is 24.5 Å². The Bertz CT molecular complexity index is 1220. The van der Waals surface area contributed by atoms with Crippen molar-refractivity contribution in [2.45, 2.75) is 13.2 Å². The van der Waals surface area contributed by atoms with Crippen LogP contribution in [0.25, 0.3) is 11.3 Å². The average molecular weight is 422 g/mol. The standard InChI is InChI=1S/C20H14N4O7/c1-12(25)22-20(31-19(21-22)14-3-2-4-16(11-14)24(28)29)18-10-9-17(30-18)13-5-7-15(8-6-13)23(26)27/h2-11,20H,1H3/t20-/m1/s1. The van der Waals surface area contributed by atoms with Crippen molar-refractivity contribution in [3.05, 3.63) is 92.2 Å². The van der Waals surface area contributed by atoms with Gasteiger partial charge in [0.15, 0.2) is 5.76 Å². The number of rotatable bonds is 5. The Hall–Kier alpha value is -4.54. The van der Waals surface area contributed by atoms with E-state index in [-0.39, 0.29) is 23.0 Å². The number of nitrogens with zero attached hydrogens (tertiary/aromatic N) is 4. The molecule has 1 aliphatic rings. The smallest absolute Gasteiger partial charge is 0.270 e. The minimum absolute atomic E-state index is 0.0391. The minimum atomic E-state index is -1.00. The van der Waals surface area contributed by atoms with Crippen molar-refractivity contribution >= 4 is 23.2 Å². The summed E-state index contributed by atoms with van der Waals surface area (Å²) in [6.07, 6.45) is -1.00. The number of furan rings is 1. The van der Waals surface area contributed by atoms with E-state index in [0.29, 0.717) is 16.9 Å². The van der Waals surface area contributed by atoms with E-state index in [1.807, 2.05) is 0 Å². The second kappa shape index (κ2) is 7.71. The lowest BCUT2D eigenvalue weighted by atomic mass is 10.1. The summed E-state index contributed by atoms with van der Waals surface area (Å²) in [6, 6.07) is 14.7. The maximum Gasteiger partial charge on any atom is 0.270 e. The number of ether oxygens (including phenoxy) is 1. The molecule has 11 nitrogen and oxygen atoms in total. The summed E-state index contributed by atoms with van der Waals surface area (Å²) in [7, 11) is 0. The molecule has 0 fully saturated rings. The van der Waals surface area contributed by atoms with Crippen LogP contribution >= 0.6 is 0 Å². The molecule has 11 heteroatoms. The first kappa shape index (κ1) is 19.8. The summed E-state index contributed by atoms with van der Waals surface area (Å²) in [4.78, 5) is 32.9. The second-order valence-corrected chi connectivity index (χ2v) is 6.55. The van der Waals surface area contributed by atoms with Crippen LogP contribution in [0.2, 0.25) is 0 Å². The Morgan fingerprint density at radius 1 is 0.968 bits per heavy atom. The molecule has 0 radical (unpaired) electrons. The third-order valence-electron chi connectivity index (χ3n) is 4.50. The number of nitro groups is 2. The summed E-state index contributed by atoms with van der Waals surface area (Å²) >= 11 is 0. The zero-order valence-corrected chi connectivity index (χ0v) is 16.0. The van der Waals surface area contributed by atoms with Gasteiger partial charge >= 0.3 is 0 Å². The summed E-state index contributed by atoms with van der Waals surface area (Å²) in [5, 5.41) is 27.1. The van der Waals surface area contributed by atoms with Gasteiger partial charge in [0, 0.05) is 42.3 Å². The van der Waals surface area contributed by atoms with Crippen LogP contribution in [0, 0.1) is 20.2 Å². The van der Waals surface area contributed by atoms with Crippen LogP contribution in [-0.2, 0) is 9.53 Å². The van der Waals surface area contributed by atoms with E-state index in [9.17, 15) is 25.0 Å². The second-order valence-electron chi connectivity index (χ2n) is 6.55. The number of carbonyl (C=O) groups excluding carboxylic acids is 1. The lowest BCUT2D eigenvalue weighted by molar-refractivity contribution is -0.385. The van der Waals surface area contributed by atoms with Crippen molar-refractivity contribution in [1.82, 2.24) is 5.01 Å². The fourth-order valence-electron chi connectivity index (χ4n) is 3.01. The summed E-state index contributed by atoms with van der Waals surface area (Å²) < 4.78 is 11.6. The number of nitro benzene ring substituents is 2. The van der Waals surface area contributed by atoms with E-state index >= 15 is 0 Å². The fourth-order valence-corrected chi connectivity index (χ4v) is 3.01. The Balaban J connectivity index is 1.61. The van der Waals surface area contributed by atoms with E-state index < -0.39 is 22.0 Å². The highest BCUT2D eigenvalue weighted by Gasteiger charge is 2.35. The molecule has 3 aromatic rings. The first-order chi connectivity index (χ1) is 14.8. The molecular formula is C20H14N4O7. The van der Waals surface area contributed by atoms with Gasteiger partial charge in [-0.3, -0.25) is 25.0 Å². The lowest BCUT2D eigenvalue weighted by Gasteiger charge is -2.16. The van der Waals surface area contributed by atoms with Crippen molar-refractivity contribution in [3.8, 4) is 11.3 Å². The van der Waals surface area contributed by atoms with E-state index in [1.54, 1.807) is 30.3 Å². The predicted octanol–water partition coefficient (Wildman–Crippen LogP) is 4.00. The van der Waals surface area contributed by atoms with Gasteiger partial charge in [-0.2, -0.15) is 5.01 Å². The van der Waals surface area contributed by atoms with Crippen molar-refractivity contribution < 1.29 is 23.8 Å². The number of amides is 1. The third kappa shape index (κ3) is 3.83. The van der Waals surface area contributed by atoms with Crippen LogP contribution in [-0.4, -0.2) is 26.7 Å². The summed E-state index contributed by atoms with van der Waals surface area (Å²) in [5.74, 6) is 0.310. The molecule has 0 unspecified atom stereocenters. The number of carbonyl (C=O) groups is 1. The van der Waals surface area contributed by atoms with Gasteiger partial charge in [0.25, 0.3) is 17.6 Å². The maximum atomic E-state index is 12.1. The van der Waals surface area contributed by atoms with Gasteiger partial charge in [-0.25, -0.2) is 0 Å². The predicted molar refractivity (Wildman–Crippen MR) is 107 cm³/mol. The van der Waals surface area contributed by atoms with Gasteiger partial charge in [-0.15, -0.1) is 5.10 Å². The number of hydrogen-bond donors (Lipinski definition) is 0. The molecule has 1 aliphatic heterocycles. The topological polar surface area (TPSA) is 141 Å². The Kier molecular flexibility index (Phi) is 4.91. The van der Waals surface area contributed by atoms with Gasteiger partial charge in [-0.05, 0) is 30.3 Å². The molecule has 2 aromatic carbocycles. The normalized spacial score (nSPS) is 15.3. The molecule has 0 saturated heterocycles. The van der Waals surface area contributed by atoms with Crippen LogP contribution < -0.4 is 0 Å². The van der Waals surface area contributed by atoms with Crippen molar-refractivity contribution in [2.24, 2.45) is 5.10 Å². The number of hydrogen-bond acceptors (Lipinski definition) is 8. The highest BCUT2D eigenvalue weighted by Crippen LogP contribution is 2.34. The Morgan fingerprint density at radius 3 is 2.32 bits per heavy atom. The largest absolute Gasteiger partial charge is 0.455 e. The molecule has 1 aromatic heterocycles. The van der Waals surface area contributed by atoms with Crippen molar-refractivity contribution in [1.29, 1.82) is 0 Å². The number of non-ortho nitro benzene ring substituents is 2. The van der Waals surface area contributed by atoms with E-state index in [1.165, 1.54) is 37.3 Å². The fraction of sp³-hybridized carbons (Fsp3) is 0.100. The third-order valence-corrected chi connectivity index (χ3v) is 4.50.